The number of benzene rings is 2. The van der Waals surface area contributed by atoms with Crippen molar-refractivity contribution < 1.29 is 9.59 Å². The van der Waals surface area contributed by atoms with Crippen LogP contribution in [0.5, 0.6) is 0 Å². The van der Waals surface area contributed by atoms with Gasteiger partial charge in [0, 0.05) is 25.6 Å². The van der Waals surface area contributed by atoms with E-state index in [1.54, 1.807) is 4.90 Å². The van der Waals surface area contributed by atoms with Crippen molar-refractivity contribution in [2.24, 2.45) is 5.73 Å². The quantitative estimate of drug-likeness (QED) is 0.782. The Morgan fingerprint density at radius 1 is 1.16 bits per heavy atom. The van der Waals surface area contributed by atoms with Crippen LogP contribution in [0.25, 0.3) is 11.1 Å². The smallest absolute Gasteiger partial charge is 0.254 e. The van der Waals surface area contributed by atoms with Crippen molar-refractivity contribution in [2.75, 3.05) is 7.05 Å². The van der Waals surface area contributed by atoms with Gasteiger partial charge in [-0.25, -0.2) is 0 Å². The van der Waals surface area contributed by atoms with Crippen molar-refractivity contribution in [1.29, 1.82) is 5.26 Å². The lowest BCUT2D eigenvalue weighted by Crippen LogP contribution is -2.57. The van der Waals surface area contributed by atoms with Crippen LogP contribution in [0.2, 0.25) is 0 Å². The van der Waals surface area contributed by atoms with E-state index in [9.17, 15) is 14.9 Å². The van der Waals surface area contributed by atoms with Gasteiger partial charge in [0.25, 0.3) is 5.91 Å². The van der Waals surface area contributed by atoms with Gasteiger partial charge in [-0.05, 0) is 47.2 Å². The molecule has 6 nitrogen and oxygen atoms in total. The molecule has 6 heteroatoms. The molecule has 4 rings (SSSR count). The van der Waals surface area contributed by atoms with Crippen LogP contribution in [-0.4, -0.2) is 35.3 Å². The summed E-state index contributed by atoms with van der Waals surface area (Å²) in [4.78, 5) is 26.4. The van der Waals surface area contributed by atoms with Gasteiger partial charge < -0.3 is 16.0 Å². The lowest BCUT2D eigenvalue weighted by Gasteiger charge is -2.32. The largest absolute Gasteiger partial charge is 0.338 e. The molecular weight excluding hydrogens is 388 g/mol. The number of nitrogens with one attached hydrogen (secondary N) is 1. The van der Waals surface area contributed by atoms with E-state index in [0.717, 1.165) is 47.1 Å². The van der Waals surface area contributed by atoms with E-state index in [2.05, 4.69) is 17.5 Å². The highest BCUT2D eigenvalue weighted by atomic mass is 16.2. The minimum absolute atomic E-state index is 0.0639. The van der Waals surface area contributed by atoms with E-state index in [4.69, 9.17) is 5.73 Å². The molecule has 0 spiro atoms. The van der Waals surface area contributed by atoms with Crippen LogP contribution in [0.1, 0.15) is 53.6 Å². The molecule has 1 aliphatic carbocycles. The molecule has 2 aromatic carbocycles. The maximum Gasteiger partial charge on any atom is 0.254 e. The number of nitrogens with two attached hydrogens (primary N) is 1. The Hall–Kier alpha value is -3.17. The van der Waals surface area contributed by atoms with E-state index in [1.807, 2.05) is 43.4 Å². The minimum Gasteiger partial charge on any atom is -0.338 e. The van der Waals surface area contributed by atoms with Crippen molar-refractivity contribution in [3.05, 3.63) is 59.2 Å². The molecule has 1 fully saturated rings. The van der Waals surface area contributed by atoms with Crippen molar-refractivity contribution >= 4 is 11.8 Å². The summed E-state index contributed by atoms with van der Waals surface area (Å²) in [6.07, 6.45) is 4.80. The van der Waals surface area contributed by atoms with Crippen LogP contribution in [0.4, 0.5) is 0 Å². The Morgan fingerprint density at radius 2 is 1.84 bits per heavy atom. The van der Waals surface area contributed by atoms with E-state index in [1.165, 1.54) is 0 Å². The predicted molar refractivity (Wildman–Crippen MR) is 119 cm³/mol. The third-order valence-electron chi connectivity index (χ3n) is 6.48. The number of fused-ring (bicyclic) bond motifs is 1. The Kier molecular flexibility index (Phi) is 5.79. The van der Waals surface area contributed by atoms with Crippen LogP contribution >= 0.6 is 0 Å². The minimum atomic E-state index is -0.847. The Bertz CT molecular complexity index is 1030. The fourth-order valence-corrected chi connectivity index (χ4v) is 4.56. The highest BCUT2D eigenvalue weighted by molar-refractivity contribution is 5.98. The number of carbonyl (C=O) groups is 2. The zero-order valence-corrected chi connectivity index (χ0v) is 17.9. The normalized spacial score (nSPS) is 18.2. The Morgan fingerprint density at radius 3 is 2.52 bits per heavy atom. The first-order valence-corrected chi connectivity index (χ1v) is 10.9. The highest BCUT2D eigenvalue weighted by Crippen LogP contribution is 2.29. The SMILES string of the molecule is CN1Cc2cc(-c3ccc(CC(C#N)NC(=O)C4(N)CCCCC4)cc3)ccc2C1=O. The summed E-state index contributed by atoms with van der Waals surface area (Å²) < 4.78 is 0. The van der Waals surface area contributed by atoms with Crippen LogP contribution < -0.4 is 11.1 Å². The standard InChI is InChI=1S/C25H28N4O2/c1-29-16-20-14-19(9-10-22(20)23(29)30)18-7-5-17(6-8-18)13-21(15-26)28-24(31)25(27)11-3-2-4-12-25/h5-10,14,21H,2-4,11-13,16,27H2,1H3,(H,28,31). The van der Waals surface area contributed by atoms with E-state index in [-0.39, 0.29) is 11.8 Å². The van der Waals surface area contributed by atoms with Crippen LogP contribution in [0.3, 0.4) is 0 Å². The van der Waals surface area contributed by atoms with Crippen LogP contribution in [0, 0.1) is 11.3 Å². The molecule has 0 aromatic heterocycles. The molecule has 1 saturated carbocycles. The molecule has 0 saturated heterocycles. The predicted octanol–water partition coefficient (Wildman–Crippen LogP) is 3.15. The first-order chi connectivity index (χ1) is 14.9. The Balaban J connectivity index is 1.42. The van der Waals surface area contributed by atoms with Gasteiger partial charge in [-0.1, -0.05) is 49.6 Å². The third kappa shape index (κ3) is 4.33. The molecule has 3 N–H and O–H groups in total. The number of rotatable bonds is 5. The van der Waals surface area contributed by atoms with E-state index < -0.39 is 11.6 Å². The summed E-state index contributed by atoms with van der Waals surface area (Å²) in [5.41, 5.74) is 10.3. The molecule has 1 aliphatic heterocycles. The first-order valence-electron chi connectivity index (χ1n) is 10.9. The lowest BCUT2D eigenvalue weighted by molar-refractivity contribution is -0.127. The lowest BCUT2D eigenvalue weighted by atomic mass is 9.81. The maximum atomic E-state index is 12.6. The molecular formula is C25H28N4O2. The summed E-state index contributed by atoms with van der Waals surface area (Å²) in [5.74, 6) is -0.151. The van der Waals surface area contributed by atoms with Gasteiger partial charge in [-0.3, -0.25) is 9.59 Å². The molecule has 1 unspecified atom stereocenters. The number of nitrogens with zero attached hydrogens (tertiary/aromatic N) is 2. The molecule has 31 heavy (non-hydrogen) atoms. The highest BCUT2D eigenvalue weighted by Gasteiger charge is 2.36. The van der Waals surface area contributed by atoms with Crippen molar-refractivity contribution in [2.45, 2.75) is 56.7 Å². The fourth-order valence-electron chi connectivity index (χ4n) is 4.56. The van der Waals surface area contributed by atoms with E-state index in [0.29, 0.717) is 25.8 Å². The summed E-state index contributed by atoms with van der Waals surface area (Å²) in [6, 6.07) is 15.5. The van der Waals surface area contributed by atoms with Gasteiger partial charge in [0.2, 0.25) is 5.91 Å². The molecule has 2 aliphatic rings. The number of amides is 2. The zero-order chi connectivity index (χ0) is 22.0. The first kappa shape index (κ1) is 21.1. The van der Waals surface area contributed by atoms with Crippen molar-refractivity contribution in [1.82, 2.24) is 10.2 Å². The molecule has 0 bridgehead atoms. The average Bonchev–Trinajstić information content (AvgIpc) is 3.07. The molecule has 2 amide bonds. The number of hydrogen-bond acceptors (Lipinski definition) is 4. The van der Waals surface area contributed by atoms with Crippen molar-refractivity contribution in [3.8, 4) is 17.2 Å². The zero-order valence-electron chi connectivity index (χ0n) is 17.9. The van der Waals surface area contributed by atoms with Gasteiger partial charge >= 0.3 is 0 Å². The summed E-state index contributed by atoms with van der Waals surface area (Å²) in [5, 5.41) is 12.4. The Labute approximate surface area is 183 Å². The topological polar surface area (TPSA) is 99.2 Å². The monoisotopic (exact) mass is 416 g/mol. The fraction of sp³-hybridized carbons (Fsp3) is 0.400. The average molecular weight is 417 g/mol. The van der Waals surface area contributed by atoms with Gasteiger partial charge in [0.05, 0.1) is 11.6 Å². The second-order valence-corrected chi connectivity index (χ2v) is 8.81. The summed E-state index contributed by atoms with van der Waals surface area (Å²) in [6.45, 7) is 0.631. The second-order valence-electron chi connectivity index (χ2n) is 8.81. The summed E-state index contributed by atoms with van der Waals surface area (Å²) >= 11 is 0. The maximum absolute atomic E-state index is 12.6. The molecule has 160 valence electrons. The van der Waals surface area contributed by atoms with Gasteiger partial charge in [-0.15, -0.1) is 0 Å². The summed E-state index contributed by atoms with van der Waals surface area (Å²) in [7, 11) is 1.81. The number of nitriles is 1. The van der Waals surface area contributed by atoms with Gasteiger partial charge in [-0.2, -0.15) is 5.26 Å². The number of carbonyl (C=O) groups excluding carboxylic acids is 2. The molecule has 0 radical (unpaired) electrons. The van der Waals surface area contributed by atoms with Crippen molar-refractivity contribution in [3.63, 3.8) is 0 Å². The van der Waals surface area contributed by atoms with Gasteiger partial charge in [0.15, 0.2) is 0 Å². The molecule has 1 atom stereocenters. The number of hydrogen-bond donors (Lipinski definition) is 2. The molecule has 1 heterocycles. The second kappa shape index (κ2) is 8.52. The van der Waals surface area contributed by atoms with Crippen LogP contribution in [0.15, 0.2) is 42.5 Å². The van der Waals surface area contributed by atoms with Gasteiger partial charge in [0.1, 0.15) is 6.04 Å². The third-order valence-corrected chi connectivity index (χ3v) is 6.48. The molecule has 2 aromatic rings. The van der Waals surface area contributed by atoms with Crippen LogP contribution in [-0.2, 0) is 17.8 Å². The van der Waals surface area contributed by atoms with E-state index >= 15 is 0 Å².